The molecule has 108 valence electrons. The zero-order valence-electron chi connectivity index (χ0n) is 12.2. The number of nitrogens with zero attached hydrogens (tertiary/aromatic N) is 1. The van der Waals surface area contributed by atoms with Crippen LogP contribution in [-0.2, 0) is 17.6 Å². The van der Waals surface area contributed by atoms with Crippen molar-refractivity contribution in [1.29, 1.82) is 0 Å². The summed E-state index contributed by atoms with van der Waals surface area (Å²) in [5, 5.41) is 15.3. The summed E-state index contributed by atoms with van der Waals surface area (Å²) in [5.41, 5.74) is 0.744. The van der Waals surface area contributed by atoms with Crippen molar-refractivity contribution in [1.82, 2.24) is 10.3 Å². The van der Waals surface area contributed by atoms with E-state index in [1.54, 1.807) is 18.3 Å². The molecule has 0 aliphatic heterocycles. The molecule has 1 aromatic heterocycles. The van der Waals surface area contributed by atoms with Gasteiger partial charge in [0.05, 0.1) is 23.2 Å². The van der Waals surface area contributed by atoms with E-state index in [2.05, 4.69) is 17.2 Å². The predicted octanol–water partition coefficient (Wildman–Crippen LogP) is 2.16. The number of amides is 1. The normalized spacial score (nSPS) is 13.3. The highest BCUT2D eigenvalue weighted by Gasteiger charge is 2.21. The minimum atomic E-state index is -0.349. The maximum Gasteiger partial charge on any atom is 0.226 e. The third kappa shape index (κ3) is 6.16. The number of rotatable bonds is 7. The average molecular weight is 284 g/mol. The lowest BCUT2D eigenvalue weighted by Gasteiger charge is -2.26. The van der Waals surface area contributed by atoms with Gasteiger partial charge in [0.2, 0.25) is 5.91 Å². The third-order valence-electron chi connectivity index (χ3n) is 2.86. The molecule has 1 aromatic rings. The lowest BCUT2D eigenvalue weighted by atomic mass is 9.87. The van der Waals surface area contributed by atoms with E-state index in [1.165, 1.54) is 0 Å². The second kappa shape index (κ2) is 7.01. The molecule has 0 aliphatic carbocycles. The van der Waals surface area contributed by atoms with Crippen LogP contribution >= 0.6 is 11.3 Å². The van der Waals surface area contributed by atoms with Crippen molar-refractivity contribution in [2.75, 3.05) is 6.54 Å². The van der Waals surface area contributed by atoms with Crippen molar-refractivity contribution < 1.29 is 9.90 Å². The van der Waals surface area contributed by atoms with E-state index < -0.39 is 0 Å². The first-order valence-electron chi connectivity index (χ1n) is 6.70. The maximum absolute atomic E-state index is 11.8. The molecule has 0 saturated heterocycles. The summed E-state index contributed by atoms with van der Waals surface area (Å²) in [6.07, 6.45) is 1.57. The number of aryl methyl sites for hydroxylation is 1. The number of carbonyl (C=O) groups excluding carboxylic acids is 1. The summed E-state index contributed by atoms with van der Waals surface area (Å²) in [6.45, 7) is 8.48. The Balaban J connectivity index is 2.39. The van der Waals surface area contributed by atoms with E-state index >= 15 is 0 Å². The topological polar surface area (TPSA) is 62.2 Å². The van der Waals surface area contributed by atoms with Gasteiger partial charge < -0.3 is 10.4 Å². The van der Waals surface area contributed by atoms with Crippen LogP contribution in [0.1, 0.15) is 44.8 Å². The number of aliphatic hydroxyl groups is 1. The van der Waals surface area contributed by atoms with E-state index in [0.717, 1.165) is 17.1 Å². The fourth-order valence-electron chi connectivity index (χ4n) is 2.03. The highest BCUT2D eigenvalue weighted by molar-refractivity contribution is 7.09. The van der Waals surface area contributed by atoms with Crippen LogP contribution in [0.5, 0.6) is 0 Å². The van der Waals surface area contributed by atoms with E-state index in [4.69, 9.17) is 0 Å². The van der Waals surface area contributed by atoms with Crippen LogP contribution in [0.4, 0.5) is 0 Å². The van der Waals surface area contributed by atoms with Gasteiger partial charge >= 0.3 is 0 Å². The summed E-state index contributed by atoms with van der Waals surface area (Å²) >= 11 is 1.60. The van der Waals surface area contributed by atoms with Crippen molar-refractivity contribution in [2.24, 2.45) is 5.41 Å². The van der Waals surface area contributed by atoms with Crippen LogP contribution in [0.25, 0.3) is 0 Å². The molecular formula is C14H24N2O2S. The number of hydrogen-bond donors (Lipinski definition) is 2. The molecule has 1 heterocycles. The first-order chi connectivity index (χ1) is 8.82. The third-order valence-corrected chi connectivity index (χ3v) is 3.90. The highest BCUT2D eigenvalue weighted by atomic mass is 32.1. The van der Waals surface area contributed by atoms with Crippen LogP contribution in [0.2, 0.25) is 0 Å². The van der Waals surface area contributed by atoms with Gasteiger partial charge in [0, 0.05) is 11.9 Å². The summed E-state index contributed by atoms with van der Waals surface area (Å²) in [4.78, 5) is 16.2. The number of aromatic nitrogens is 1. The van der Waals surface area contributed by atoms with Gasteiger partial charge in [-0.05, 0) is 25.2 Å². The summed E-state index contributed by atoms with van der Waals surface area (Å²) in [5.74, 6) is -0.00776. The Morgan fingerprint density at radius 1 is 1.58 bits per heavy atom. The molecule has 0 aliphatic rings. The highest BCUT2D eigenvalue weighted by Crippen LogP contribution is 2.21. The second-order valence-electron chi connectivity index (χ2n) is 5.76. The van der Waals surface area contributed by atoms with Gasteiger partial charge in [-0.15, -0.1) is 11.3 Å². The first-order valence-corrected chi connectivity index (χ1v) is 7.58. The SMILES string of the molecule is CCc1nc(CC(=O)NCC(C)(C)CC(C)O)cs1. The number of aliphatic hydroxyl groups excluding tert-OH is 1. The van der Waals surface area contributed by atoms with Crippen molar-refractivity contribution in [3.8, 4) is 0 Å². The molecule has 1 rings (SSSR count). The van der Waals surface area contributed by atoms with E-state index in [-0.39, 0.29) is 17.4 Å². The van der Waals surface area contributed by atoms with Crippen LogP contribution in [0.3, 0.4) is 0 Å². The van der Waals surface area contributed by atoms with Crippen molar-refractivity contribution >= 4 is 17.2 Å². The number of hydrogen-bond acceptors (Lipinski definition) is 4. The minimum absolute atomic E-state index is 0.00776. The zero-order chi connectivity index (χ0) is 14.5. The van der Waals surface area contributed by atoms with E-state index in [9.17, 15) is 9.90 Å². The molecular weight excluding hydrogens is 260 g/mol. The standard InChI is InChI=1S/C14H24N2O2S/c1-5-13-16-11(8-19-13)6-12(18)15-9-14(3,4)7-10(2)17/h8,10,17H,5-7,9H2,1-4H3,(H,15,18). The molecule has 1 atom stereocenters. The van der Waals surface area contributed by atoms with Crippen LogP contribution < -0.4 is 5.32 Å². The van der Waals surface area contributed by atoms with Crippen LogP contribution in [0.15, 0.2) is 5.38 Å². The fourth-order valence-corrected chi connectivity index (χ4v) is 2.77. The molecule has 19 heavy (non-hydrogen) atoms. The van der Waals surface area contributed by atoms with Gasteiger partial charge in [-0.2, -0.15) is 0 Å². The molecule has 1 unspecified atom stereocenters. The molecule has 0 bridgehead atoms. The Morgan fingerprint density at radius 2 is 2.26 bits per heavy atom. The maximum atomic E-state index is 11.8. The molecule has 0 saturated carbocycles. The first kappa shape index (κ1) is 16.1. The minimum Gasteiger partial charge on any atom is -0.393 e. The zero-order valence-corrected chi connectivity index (χ0v) is 13.0. The fraction of sp³-hybridized carbons (Fsp3) is 0.714. The van der Waals surface area contributed by atoms with Gasteiger partial charge in [0.1, 0.15) is 0 Å². The Hall–Kier alpha value is -0.940. The second-order valence-corrected chi connectivity index (χ2v) is 6.70. The van der Waals surface area contributed by atoms with Gasteiger partial charge in [0.15, 0.2) is 0 Å². The van der Waals surface area contributed by atoms with Crippen LogP contribution in [-0.4, -0.2) is 28.6 Å². The van der Waals surface area contributed by atoms with Gasteiger partial charge in [-0.1, -0.05) is 20.8 Å². The average Bonchev–Trinajstić information content (AvgIpc) is 2.72. The molecule has 0 spiro atoms. The van der Waals surface area contributed by atoms with Crippen LogP contribution in [0, 0.1) is 5.41 Å². The summed E-state index contributed by atoms with van der Waals surface area (Å²) in [6, 6.07) is 0. The van der Waals surface area contributed by atoms with Gasteiger partial charge in [-0.3, -0.25) is 4.79 Å². The Labute approximate surface area is 119 Å². The molecule has 0 radical (unpaired) electrons. The molecule has 5 heteroatoms. The molecule has 0 fully saturated rings. The molecule has 1 amide bonds. The van der Waals surface area contributed by atoms with Gasteiger partial charge in [-0.25, -0.2) is 4.98 Å². The van der Waals surface area contributed by atoms with Gasteiger partial charge in [0.25, 0.3) is 0 Å². The Morgan fingerprint density at radius 3 is 2.79 bits per heavy atom. The lowest BCUT2D eigenvalue weighted by Crippen LogP contribution is -2.36. The Kier molecular flexibility index (Phi) is 5.94. The number of carbonyl (C=O) groups is 1. The number of nitrogens with one attached hydrogen (secondary N) is 1. The molecule has 2 N–H and O–H groups in total. The monoisotopic (exact) mass is 284 g/mol. The summed E-state index contributed by atoms with van der Waals surface area (Å²) < 4.78 is 0. The Bertz CT molecular complexity index is 413. The smallest absolute Gasteiger partial charge is 0.226 e. The number of thiazole rings is 1. The largest absolute Gasteiger partial charge is 0.393 e. The van der Waals surface area contributed by atoms with Crippen molar-refractivity contribution in [3.05, 3.63) is 16.1 Å². The van der Waals surface area contributed by atoms with Crippen molar-refractivity contribution in [2.45, 2.75) is 53.1 Å². The van der Waals surface area contributed by atoms with Crippen molar-refractivity contribution in [3.63, 3.8) is 0 Å². The van der Waals surface area contributed by atoms with E-state index in [0.29, 0.717) is 19.4 Å². The lowest BCUT2D eigenvalue weighted by molar-refractivity contribution is -0.121. The molecule has 0 aromatic carbocycles. The summed E-state index contributed by atoms with van der Waals surface area (Å²) in [7, 11) is 0. The quantitative estimate of drug-likeness (QED) is 0.806. The van der Waals surface area contributed by atoms with E-state index in [1.807, 2.05) is 19.2 Å². The predicted molar refractivity (Wildman–Crippen MR) is 78.3 cm³/mol. The molecule has 4 nitrogen and oxygen atoms in total.